The van der Waals surface area contributed by atoms with Gasteiger partial charge in [0.2, 0.25) is 5.91 Å². The number of unbranched alkanes of at least 4 members (excludes halogenated alkanes) is 14. The van der Waals surface area contributed by atoms with Crippen LogP contribution in [0.1, 0.15) is 116 Å². The molecular weight excluding hydrogens is 282 g/mol. The fraction of sp³-hybridized carbons (Fsp3) is 0.857. The predicted molar refractivity (Wildman–Crippen MR) is 101 cm³/mol. The molecule has 0 rings (SSSR count). The lowest BCUT2D eigenvalue weighted by Gasteiger charge is -2.01. The van der Waals surface area contributed by atoms with E-state index < -0.39 is 0 Å². The number of rotatable bonds is 16. The number of carbonyl (C=O) groups is 1. The van der Waals surface area contributed by atoms with Crippen LogP contribution >= 0.6 is 0 Å². The van der Waals surface area contributed by atoms with Crippen molar-refractivity contribution in [1.29, 1.82) is 0 Å². The minimum atomic E-state index is -0.187. The van der Waals surface area contributed by atoms with Crippen LogP contribution in [0, 0.1) is 11.8 Å². The van der Waals surface area contributed by atoms with E-state index >= 15 is 0 Å². The molecule has 134 valence electrons. The molecule has 0 aliphatic carbocycles. The van der Waals surface area contributed by atoms with Gasteiger partial charge in [-0.05, 0) is 19.3 Å². The number of primary amides is 1. The molecule has 0 saturated heterocycles. The Morgan fingerprint density at radius 2 is 1.04 bits per heavy atom. The first-order valence-electron chi connectivity index (χ1n) is 10.0. The molecule has 0 radical (unpaired) electrons. The molecule has 0 aromatic heterocycles. The molecule has 2 heteroatoms. The van der Waals surface area contributed by atoms with Gasteiger partial charge in [-0.15, -0.1) is 11.8 Å². The molecule has 0 fully saturated rings. The molecule has 0 heterocycles. The van der Waals surface area contributed by atoms with Gasteiger partial charge in [0.1, 0.15) is 0 Å². The van der Waals surface area contributed by atoms with Crippen molar-refractivity contribution in [3.8, 4) is 11.8 Å². The number of amides is 1. The van der Waals surface area contributed by atoms with Crippen molar-refractivity contribution in [2.45, 2.75) is 116 Å². The van der Waals surface area contributed by atoms with Crippen LogP contribution in [0.15, 0.2) is 0 Å². The Bertz CT molecular complexity index is 314. The van der Waals surface area contributed by atoms with Crippen molar-refractivity contribution in [1.82, 2.24) is 0 Å². The van der Waals surface area contributed by atoms with Gasteiger partial charge in [-0.1, -0.05) is 77.6 Å². The van der Waals surface area contributed by atoms with Crippen LogP contribution in [0.2, 0.25) is 0 Å². The molecule has 23 heavy (non-hydrogen) atoms. The topological polar surface area (TPSA) is 43.1 Å². The summed E-state index contributed by atoms with van der Waals surface area (Å²) in [6.45, 7) is 2.27. The number of nitrogens with two attached hydrogens (primary N) is 1. The van der Waals surface area contributed by atoms with Crippen molar-refractivity contribution in [3.05, 3.63) is 0 Å². The Balaban J connectivity index is 3.10. The minimum absolute atomic E-state index is 0.187. The third-order valence-electron chi connectivity index (χ3n) is 4.26. The Labute approximate surface area is 145 Å². The molecule has 2 N–H and O–H groups in total. The first-order chi connectivity index (χ1) is 11.3. The van der Waals surface area contributed by atoms with Gasteiger partial charge in [0.25, 0.3) is 0 Å². The molecule has 1 amide bonds. The van der Waals surface area contributed by atoms with Gasteiger partial charge in [-0.3, -0.25) is 4.79 Å². The second-order valence-electron chi connectivity index (χ2n) is 6.67. The minimum Gasteiger partial charge on any atom is -0.370 e. The fourth-order valence-corrected chi connectivity index (χ4v) is 2.74. The molecule has 0 unspecified atom stereocenters. The average Bonchev–Trinajstić information content (AvgIpc) is 2.53. The molecule has 2 nitrogen and oxygen atoms in total. The lowest BCUT2D eigenvalue weighted by Crippen LogP contribution is -2.09. The highest BCUT2D eigenvalue weighted by Gasteiger charge is 1.94. The number of hydrogen-bond donors (Lipinski definition) is 1. The number of carbonyl (C=O) groups excluding carboxylic acids is 1. The van der Waals surface area contributed by atoms with Gasteiger partial charge in [-0.2, -0.15) is 0 Å². The van der Waals surface area contributed by atoms with Crippen molar-refractivity contribution in [2.24, 2.45) is 5.73 Å². The van der Waals surface area contributed by atoms with Gasteiger partial charge in [0, 0.05) is 19.3 Å². The fourth-order valence-electron chi connectivity index (χ4n) is 2.74. The van der Waals surface area contributed by atoms with Gasteiger partial charge < -0.3 is 5.73 Å². The summed E-state index contributed by atoms with van der Waals surface area (Å²) in [6, 6.07) is 0. The summed E-state index contributed by atoms with van der Waals surface area (Å²) in [5.41, 5.74) is 5.10. The monoisotopic (exact) mass is 321 g/mol. The highest BCUT2D eigenvalue weighted by molar-refractivity contribution is 5.73. The number of hydrogen-bond acceptors (Lipinski definition) is 1. The normalized spacial score (nSPS) is 10.3. The summed E-state index contributed by atoms with van der Waals surface area (Å²) in [5.74, 6) is 6.33. The van der Waals surface area contributed by atoms with E-state index in [0.717, 1.165) is 32.1 Å². The highest BCUT2D eigenvalue weighted by atomic mass is 16.1. The largest absolute Gasteiger partial charge is 0.370 e. The molecule has 0 saturated carbocycles. The Morgan fingerprint density at radius 3 is 1.48 bits per heavy atom. The first-order valence-corrected chi connectivity index (χ1v) is 10.0. The third kappa shape index (κ3) is 21.0. The SMILES string of the molecule is CCCCCCCCCCCCCC#CCCCCCC(N)=O. The lowest BCUT2D eigenvalue weighted by molar-refractivity contribution is -0.118. The van der Waals surface area contributed by atoms with Gasteiger partial charge in [0.05, 0.1) is 0 Å². The van der Waals surface area contributed by atoms with Gasteiger partial charge in [0.15, 0.2) is 0 Å². The van der Waals surface area contributed by atoms with Crippen molar-refractivity contribution >= 4 is 5.91 Å². The van der Waals surface area contributed by atoms with Crippen LogP contribution in [0.5, 0.6) is 0 Å². The van der Waals surface area contributed by atoms with E-state index in [-0.39, 0.29) is 5.91 Å². The summed E-state index contributed by atoms with van der Waals surface area (Å²) >= 11 is 0. The van der Waals surface area contributed by atoms with E-state index in [0.29, 0.717) is 6.42 Å². The summed E-state index contributed by atoms with van der Waals surface area (Å²) < 4.78 is 0. The maximum absolute atomic E-state index is 10.6. The summed E-state index contributed by atoms with van der Waals surface area (Å²) in [6.07, 6.45) is 20.9. The van der Waals surface area contributed by atoms with E-state index in [1.54, 1.807) is 0 Å². The zero-order chi connectivity index (χ0) is 17.0. The van der Waals surface area contributed by atoms with E-state index in [2.05, 4.69) is 18.8 Å². The van der Waals surface area contributed by atoms with Crippen LogP contribution in [0.4, 0.5) is 0 Å². The molecule has 0 bridgehead atoms. The van der Waals surface area contributed by atoms with Crippen molar-refractivity contribution < 1.29 is 4.79 Å². The molecule has 0 aromatic rings. The molecular formula is C21H39NO. The quantitative estimate of drug-likeness (QED) is 0.270. The lowest BCUT2D eigenvalue weighted by atomic mass is 10.1. The zero-order valence-electron chi connectivity index (χ0n) is 15.5. The second kappa shape index (κ2) is 19.1. The van der Waals surface area contributed by atoms with Crippen LogP contribution in [-0.2, 0) is 4.79 Å². The van der Waals surface area contributed by atoms with Crippen LogP contribution in [0.3, 0.4) is 0 Å². The second-order valence-corrected chi connectivity index (χ2v) is 6.67. The van der Waals surface area contributed by atoms with E-state index in [4.69, 9.17) is 5.73 Å². The molecule has 0 atom stereocenters. The van der Waals surface area contributed by atoms with Gasteiger partial charge >= 0.3 is 0 Å². The van der Waals surface area contributed by atoms with Crippen LogP contribution < -0.4 is 5.73 Å². The zero-order valence-corrected chi connectivity index (χ0v) is 15.5. The maximum Gasteiger partial charge on any atom is 0.217 e. The first kappa shape index (κ1) is 22.0. The average molecular weight is 322 g/mol. The Kier molecular flexibility index (Phi) is 18.3. The van der Waals surface area contributed by atoms with Crippen molar-refractivity contribution in [2.75, 3.05) is 0 Å². The maximum atomic E-state index is 10.6. The predicted octanol–water partition coefficient (Wildman–Crippen LogP) is 6.13. The summed E-state index contributed by atoms with van der Waals surface area (Å²) in [4.78, 5) is 10.6. The molecule has 0 aliphatic heterocycles. The standard InChI is InChI=1S/C21H39NO/c1-2-3-4-5-6-7-8-9-10-11-12-13-14-15-16-17-18-19-20-21(22)23/h2-13,16-20H2,1H3,(H2,22,23). The van der Waals surface area contributed by atoms with Crippen LogP contribution in [0.25, 0.3) is 0 Å². The summed E-state index contributed by atoms with van der Waals surface area (Å²) in [7, 11) is 0. The van der Waals surface area contributed by atoms with E-state index in [1.165, 1.54) is 70.6 Å². The Morgan fingerprint density at radius 1 is 0.652 bits per heavy atom. The van der Waals surface area contributed by atoms with Crippen LogP contribution in [-0.4, -0.2) is 5.91 Å². The van der Waals surface area contributed by atoms with Crippen molar-refractivity contribution in [3.63, 3.8) is 0 Å². The smallest absolute Gasteiger partial charge is 0.217 e. The molecule has 0 aromatic carbocycles. The molecule has 0 aliphatic rings. The van der Waals surface area contributed by atoms with E-state index in [1.807, 2.05) is 0 Å². The van der Waals surface area contributed by atoms with Gasteiger partial charge in [-0.25, -0.2) is 0 Å². The molecule has 0 spiro atoms. The highest BCUT2D eigenvalue weighted by Crippen LogP contribution is 2.11. The third-order valence-corrected chi connectivity index (χ3v) is 4.26. The Hall–Kier alpha value is -0.970. The van der Waals surface area contributed by atoms with E-state index in [9.17, 15) is 4.79 Å². The summed E-state index contributed by atoms with van der Waals surface area (Å²) in [5, 5.41) is 0.